The van der Waals surface area contributed by atoms with Gasteiger partial charge in [0, 0.05) is 44.9 Å². The summed E-state index contributed by atoms with van der Waals surface area (Å²) in [7, 11) is 1.75. The van der Waals surface area contributed by atoms with Gasteiger partial charge in [0.2, 0.25) is 0 Å². The maximum Gasteiger partial charge on any atom is 0.253 e. The lowest BCUT2D eigenvalue weighted by Crippen LogP contribution is -2.40. The lowest BCUT2D eigenvalue weighted by Gasteiger charge is -2.31. The molecule has 5 heteroatoms. The minimum Gasteiger partial charge on any atom is -0.489 e. The highest BCUT2D eigenvalue weighted by Gasteiger charge is 2.26. The molecule has 2 aromatic carbocycles. The average molecular weight is 397 g/mol. The molecule has 0 spiro atoms. The van der Waals surface area contributed by atoms with Crippen molar-refractivity contribution in [3.63, 3.8) is 0 Å². The Balaban J connectivity index is 1.43. The normalized spacial score (nSPS) is 21.2. The minimum absolute atomic E-state index is 0.113. The van der Waals surface area contributed by atoms with Crippen LogP contribution in [0.2, 0.25) is 0 Å². The van der Waals surface area contributed by atoms with Gasteiger partial charge in [-0.15, -0.1) is 0 Å². The minimum atomic E-state index is 0.113. The first-order valence-corrected chi connectivity index (χ1v) is 10.8. The van der Waals surface area contributed by atoms with Crippen LogP contribution in [-0.4, -0.2) is 67.2 Å². The van der Waals surface area contributed by atoms with Crippen LogP contribution in [0.25, 0.3) is 10.8 Å². The Morgan fingerprint density at radius 2 is 1.66 bits per heavy atom. The number of likely N-dealkylation sites (tertiary alicyclic amines) is 2. The number of carbonyl (C=O) groups is 1. The van der Waals surface area contributed by atoms with E-state index in [-0.39, 0.29) is 18.1 Å². The van der Waals surface area contributed by atoms with Gasteiger partial charge in [-0.25, -0.2) is 0 Å². The third kappa shape index (κ3) is 4.57. The van der Waals surface area contributed by atoms with Crippen LogP contribution in [0.1, 0.15) is 43.5 Å². The Morgan fingerprint density at radius 3 is 2.34 bits per heavy atom. The third-order valence-electron chi connectivity index (χ3n) is 6.33. The van der Waals surface area contributed by atoms with Gasteiger partial charge in [0.25, 0.3) is 5.91 Å². The van der Waals surface area contributed by atoms with Crippen molar-refractivity contribution in [1.82, 2.24) is 9.80 Å². The number of ether oxygens (including phenoxy) is 2. The largest absolute Gasteiger partial charge is 0.489 e. The van der Waals surface area contributed by atoms with Crippen molar-refractivity contribution in [2.45, 2.75) is 51.4 Å². The van der Waals surface area contributed by atoms with E-state index in [2.05, 4.69) is 30.9 Å². The first-order valence-electron chi connectivity index (χ1n) is 10.8. The highest BCUT2D eigenvalue weighted by atomic mass is 16.5. The molecule has 1 atom stereocenters. The summed E-state index contributed by atoms with van der Waals surface area (Å²) >= 11 is 0. The van der Waals surface area contributed by atoms with Crippen LogP contribution in [0.3, 0.4) is 0 Å². The van der Waals surface area contributed by atoms with E-state index in [1.54, 1.807) is 7.11 Å². The SMILES string of the molecule is COC1CCN(C(=O)c2ccc3cc(OC4CCN(C(C)C)C4)ccc3c2)CC1. The smallest absolute Gasteiger partial charge is 0.253 e. The Kier molecular flexibility index (Phi) is 6.07. The van der Waals surface area contributed by atoms with E-state index in [4.69, 9.17) is 9.47 Å². The summed E-state index contributed by atoms with van der Waals surface area (Å²) in [6.45, 7) is 8.08. The number of nitrogens with zero attached hydrogens (tertiary/aromatic N) is 2. The lowest BCUT2D eigenvalue weighted by molar-refractivity contribution is 0.0351. The van der Waals surface area contributed by atoms with Crippen molar-refractivity contribution in [3.8, 4) is 5.75 Å². The van der Waals surface area contributed by atoms with Crippen molar-refractivity contribution in [3.05, 3.63) is 42.0 Å². The molecule has 0 saturated carbocycles. The molecule has 0 radical (unpaired) electrons. The maximum absolute atomic E-state index is 12.9. The summed E-state index contributed by atoms with van der Waals surface area (Å²) in [5, 5.41) is 2.18. The summed E-state index contributed by atoms with van der Waals surface area (Å²) in [5.74, 6) is 1.02. The molecule has 2 heterocycles. The molecule has 4 rings (SSSR count). The second-order valence-corrected chi connectivity index (χ2v) is 8.57. The molecule has 2 aliphatic heterocycles. The molecule has 29 heavy (non-hydrogen) atoms. The number of fused-ring (bicyclic) bond motifs is 1. The van der Waals surface area contributed by atoms with E-state index in [1.807, 2.05) is 29.2 Å². The number of methoxy groups -OCH3 is 1. The quantitative estimate of drug-likeness (QED) is 0.767. The first kappa shape index (κ1) is 20.2. The molecule has 0 bridgehead atoms. The molecule has 5 nitrogen and oxygen atoms in total. The molecular weight excluding hydrogens is 364 g/mol. The van der Waals surface area contributed by atoms with Crippen LogP contribution in [0.15, 0.2) is 36.4 Å². The number of hydrogen-bond donors (Lipinski definition) is 0. The van der Waals surface area contributed by atoms with Gasteiger partial charge >= 0.3 is 0 Å². The zero-order valence-electron chi connectivity index (χ0n) is 17.8. The van der Waals surface area contributed by atoms with Gasteiger partial charge in [0.15, 0.2) is 0 Å². The van der Waals surface area contributed by atoms with Gasteiger partial charge in [0.1, 0.15) is 11.9 Å². The predicted octanol–water partition coefficient (Wildman–Crippen LogP) is 3.95. The van der Waals surface area contributed by atoms with Gasteiger partial charge in [-0.05, 0) is 68.1 Å². The van der Waals surface area contributed by atoms with E-state index in [9.17, 15) is 4.79 Å². The summed E-state index contributed by atoms with van der Waals surface area (Å²) < 4.78 is 11.6. The maximum atomic E-state index is 12.9. The average Bonchev–Trinajstić information content (AvgIpc) is 3.22. The standard InChI is InChI=1S/C24H32N2O3/c1-17(2)26-13-10-23(16-26)29-22-7-6-18-14-20(5-4-19(18)15-22)24(27)25-11-8-21(28-3)9-12-25/h4-7,14-15,17,21,23H,8-13,16H2,1-3H3. The molecule has 0 N–H and O–H groups in total. The highest BCUT2D eigenvalue weighted by molar-refractivity contribution is 5.98. The van der Waals surface area contributed by atoms with Crippen LogP contribution < -0.4 is 4.74 Å². The van der Waals surface area contributed by atoms with Gasteiger partial charge < -0.3 is 14.4 Å². The second-order valence-electron chi connectivity index (χ2n) is 8.57. The number of piperidine rings is 1. The number of hydrogen-bond acceptors (Lipinski definition) is 4. The third-order valence-corrected chi connectivity index (χ3v) is 6.33. The molecule has 156 valence electrons. The number of carbonyl (C=O) groups excluding carboxylic acids is 1. The van der Waals surface area contributed by atoms with Crippen molar-refractivity contribution < 1.29 is 14.3 Å². The Hall–Kier alpha value is -2.11. The van der Waals surface area contributed by atoms with E-state index >= 15 is 0 Å². The predicted molar refractivity (Wildman–Crippen MR) is 116 cm³/mol. The van der Waals surface area contributed by atoms with E-state index < -0.39 is 0 Å². The summed E-state index contributed by atoms with van der Waals surface area (Å²) in [6, 6.07) is 12.7. The molecular formula is C24H32N2O3. The van der Waals surface area contributed by atoms with Crippen molar-refractivity contribution in [2.75, 3.05) is 33.3 Å². The van der Waals surface area contributed by atoms with Crippen LogP contribution in [0, 0.1) is 0 Å². The molecule has 2 aliphatic rings. The zero-order valence-corrected chi connectivity index (χ0v) is 17.8. The van der Waals surface area contributed by atoms with Crippen LogP contribution in [0.5, 0.6) is 5.75 Å². The van der Waals surface area contributed by atoms with Crippen molar-refractivity contribution in [1.29, 1.82) is 0 Å². The summed E-state index contributed by atoms with van der Waals surface area (Å²) in [4.78, 5) is 17.3. The molecule has 2 aromatic rings. The van der Waals surface area contributed by atoms with Crippen LogP contribution >= 0.6 is 0 Å². The molecule has 0 aromatic heterocycles. The fraction of sp³-hybridized carbons (Fsp3) is 0.542. The van der Waals surface area contributed by atoms with Gasteiger partial charge in [0.05, 0.1) is 6.10 Å². The molecule has 1 unspecified atom stereocenters. The molecule has 2 fully saturated rings. The lowest BCUT2D eigenvalue weighted by atomic mass is 10.0. The second kappa shape index (κ2) is 8.72. The number of benzene rings is 2. The Bertz CT molecular complexity index is 858. The number of rotatable bonds is 5. The first-order chi connectivity index (χ1) is 14.0. The summed E-state index contributed by atoms with van der Waals surface area (Å²) in [5.41, 5.74) is 0.755. The summed E-state index contributed by atoms with van der Waals surface area (Å²) in [6.07, 6.45) is 3.42. The van der Waals surface area contributed by atoms with Crippen LogP contribution in [0.4, 0.5) is 0 Å². The monoisotopic (exact) mass is 396 g/mol. The van der Waals surface area contributed by atoms with Crippen LogP contribution in [-0.2, 0) is 4.74 Å². The fourth-order valence-electron chi connectivity index (χ4n) is 4.42. The van der Waals surface area contributed by atoms with Crippen molar-refractivity contribution in [2.24, 2.45) is 0 Å². The van der Waals surface area contributed by atoms with Gasteiger partial charge in [-0.1, -0.05) is 12.1 Å². The van der Waals surface area contributed by atoms with E-state index in [0.29, 0.717) is 6.04 Å². The fourth-order valence-corrected chi connectivity index (χ4v) is 4.42. The topological polar surface area (TPSA) is 42.0 Å². The number of amides is 1. The highest BCUT2D eigenvalue weighted by Crippen LogP contribution is 2.26. The molecule has 1 amide bonds. The zero-order chi connectivity index (χ0) is 20.4. The Labute approximate surface area is 173 Å². The van der Waals surface area contributed by atoms with E-state index in [0.717, 1.165) is 67.5 Å². The van der Waals surface area contributed by atoms with E-state index in [1.165, 1.54) is 0 Å². The Morgan fingerprint density at radius 1 is 0.966 bits per heavy atom. The van der Waals surface area contributed by atoms with Crippen molar-refractivity contribution >= 4 is 16.7 Å². The van der Waals surface area contributed by atoms with Gasteiger partial charge in [-0.2, -0.15) is 0 Å². The molecule has 2 saturated heterocycles. The molecule has 0 aliphatic carbocycles. The van der Waals surface area contributed by atoms with Gasteiger partial charge in [-0.3, -0.25) is 9.69 Å².